The molecule has 0 bridgehead atoms. The van der Waals surface area contributed by atoms with Crippen LogP contribution in [0.3, 0.4) is 0 Å². The zero-order valence-corrected chi connectivity index (χ0v) is 13.5. The first-order chi connectivity index (χ1) is 14.9. The van der Waals surface area contributed by atoms with Crippen LogP contribution in [0.25, 0.3) is 22.0 Å². The SMILES string of the molecule is [2H]C([2H])([2H])c1cc(-c2c3ccc(C([2H])(C)C([2H])([2H])[2H])cc3cc[n+]2C)c(C)c(C([2H])([2H])[2H])c1. The lowest BCUT2D eigenvalue weighted by Gasteiger charge is -2.12. The minimum atomic E-state index is -2.53. The first kappa shape index (κ1) is 7.61. The number of hydrogen-bond acceptors (Lipinski definition) is 0. The first-order valence-electron chi connectivity index (χ1n) is 12.4. The van der Waals surface area contributed by atoms with Crippen LogP contribution >= 0.6 is 0 Å². The van der Waals surface area contributed by atoms with Gasteiger partial charge in [-0.1, -0.05) is 37.5 Å². The molecule has 0 fully saturated rings. The van der Waals surface area contributed by atoms with Crippen LogP contribution in [0, 0.1) is 20.6 Å². The van der Waals surface area contributed by atoms with Gasteiger partial charge in [-0.2, -0.15) is 0 Å². The normalized spacial score (nSPS) is 22.0. The predicted molar refractivity (Wildman–Crippen MR) is 98.9 cm³/mol. The molecule has 0 spiro atoms. The lowest BCUT2D eigenvalue weighted by Crippen LogP contribution is -2.30. The van der Waals surface area contributed by atoms with E-state index in [1.54, 1.807) is 49.0 Å². The highest BCUT2D eigenvalue weighted by Crippen LogP contribution is 2.31. The van der Waals surface area contributed by atoms with E-state index in [1.165, 1.54) is 19.1 Å². The Bertz CT molecular complexity index is 1220. The summed E-state index contributed by atoms with van der Waals surface area (Å²) in [6.07, 6.45) is 1.74. The van der Waals surface area contributed by atoms with Crippen LogP contribution in [0.2, 0.25) is 0 Å². The van der Waals surface area contributed by atoms with Crippen LogP contribution in [-0.4, -0.2) is 0 Å². The van der Waals surface area contributed by atoms with Gasteiger partial charge >= 0.3 is 0 Å². The third-order valence-corrected chi connectivity index (χ3v) is 4.23. The Kier molecular flexibility index (Phi) is 1.92. The molecule has 1 heteroatoms. The van der Waals surface area contributed by atoms with Gasteiger partial charge in [-0.05, 0) is 60.7 Å². The van der Waals surface area contributed by atoms with E-state index in [-0.39, 0.29) is 11.1 Å². The Balaban J connectivity index is 2.38. The Morgan fingerprint density at radius 2 is 2.00 bits per heavy atom. The maximum atomic E-state index is 8.39. The van der Waals surface area contributed by atoms with E-state index in [0.29, 0.717) is 33.2 Å². The number of nitrogens with zero attached hydrogens (tertiary/aromatic N) is 1. The molecule has 0 saturated heterocycles. The molecule has 0 radical (unpaired) electrons. The summed E-state index contributed by atoms with van der Waals surface area (Å²) in [6, 6.07) is 9.44. The predicted octanol–water partition coefficient (Wildman–Crippen LogP) is 5.38. The topological polar surface area (TPSA) is 3.88 Å². The maximum absolute atomic E-state index is 8.39. The summed E-state index contributed by atoms with van der Waals surface area (Å²) in [7, 11) is 1.77. The number of hydrogen-bond donors (Lipinski definition) is 0. The van der Waals surface area contributed by atoms with Gasteiger partial charge in [0.05, 0.1) is 10.9 Å². The van der Waals surface area contributed by atoms with Gasteiger partial charge in [0.15, 0.2) is 6.20 Å². The summed E-state index contributed by atoms with van der Waals surface area (Å²) in [5, 5.41) is 1.35. The van der Waals surface area contributed by atoms with Crippen molar-refractivity contribution >= 4 is 10.8 Å². The third kappa shape index (κ3) is 2.76. The summed E-state index contributed by atoms with van der Waals surface area (Å²) in [6.45, 7) is -4.52. The highest BCUT2D eigenvalue weighted by Gasteiger charge is 2.18. The van der Waals surface area contributed by atoms with E-state index in [1.807, 2.05) is 0 Å². The van der Waals surface area contributed by atoms with Gasteiger partial charge in [0.2, 0.25) is 5.69 Å². The van der Waals surface area contributed by atoms with Crippen LogP contribution in [0.5, 0.6) is 0 Å². The van der Waals surface area contributed by atoms with Crippen LogP contribution < -0.4 is 4.57 Å². The van der Waals surface area contributed by atoms with Crippen molar-refractivity contribution in [2.75, 3.05) is 0 Å². The molecule has 0 aliphatic heterocycles. The summed E-state index contributed by atoms with van der Waals surface area (Å²) in [5.74, 6) is -1.81. The molecule has 0 N–H and O–H groups in total. The van der Waals surface area contributed by atoms with E-state index < -0.39 is 26.4 Å². The molecule has 1 atom stereocenters. The van der Waals surface area contributed by atoms with Crippen molar-refractivity contribution in [3.8, 4) is 11.3 Å². The van der Waals surface area contributed by atoms with Gasteiger partial charge in [-0.15, -0.1) is 0 Å². The van der Waals surface area contributed by atoms with Crippen LogP contribution in [0.1, 0.15) is 55.6 Å². The smallest absolute Gasteiger partial charge is 0.200 e. The van der Waals surface area contributed by atoms with Crippen molar-refractivity contribution in [1.29, 1.82) is 0 Å². The molecule has 0 aliphatic carbocycles. The lowest BCUT2D eigenvalue weighted by atomic mass is 9.93. The van der Waals surface area contributed by atoms with Gasteiger partial charge in [0.1, 0.15) is 7.05 Å². The van der Waals surface area contributed by atoms with Crippen LogP contribution in [0.15, 0.2) is 42.6 Å². The molecule has 1 unspecified atom stereocenters. The van der Waals surface area contributed by atoms with Crippen LogP contribution in [-0.2, 0) is 7.05 Å². The maximum Gasteiger partial charge on any atom is 0.220 e. The quantitative estimate of drug-likeness (QED) is 0.559. The second kappa shape index (κ2) is 5.81. The summed E-state index contributed by atoms with van der Waals surface area (Å²) in [5.41, 5.74) is 1.76. The highest BCUT2D eigenvalue weighted by molar-refractivity contribution is 5.94. The van der Waals surface area contributed by atoms with Crippen molar-refractivity contribution in [1.82, 2.24) is 0 Å². The summed E-state index contributed by atoms with van der Waals surface area (Å²) >= 11 is 0. The standard InChI is InChI=1S/C22H26N/c1-14(2)18-7-8-20-19(13-18)9-10-23(6)22(20)21-12-15(3)11-16(4)17(21)5/h7-14H,1-6H3/q+1/i1D3,3D3,4D3,14D. The minimum absolute atomic E-state index is 0.0270. The molecular weight excluding hydrogens is 278 g/mol. The molecule has 1 heterocycles. The van der Waals surface area contributed by atoms with Gasteiger partial charge in [0.25, 0.3) is 0 Å². The van der Waals surface area contributed by atoms with Crippen molar-refractivity contribution in [3.63, 3.8) is 0 Å². The fraction of sp³-hybridized carbons (Fsp3) is 0.318. The Hall–Kier alpha value is -2.15. The van der Waals surface area contributed by atoms with Gasteiger partial charge in [-0.3, -0.25) is 0 Å². The Morgan fingerprint density at radius 3 is 2.74 bits per heavy atom. The summed E-state index contributed by atoms with van der Waals surface area (Å²) < 4.78 is 80.6. The molecule has 118 valence electrons. The summed E-state index contributed by atoms with van der Waals surface area (Å²) in [4.78, 5) is 0. The van der Waals surface area contributed by atoms with E-state index >= 15 is 0 Å². The number of rotatable bonds is 2. The molecule has 23 heavy (non-hydrogen) atoms. The van der Waals surface area contributed by atoms with E-state index in [0.717, 1.165) is 0 Å². The van der Waals surface area contributed by atoms with Gasteiger partial charge in [-0.25, -0.2) is 4.57 Å². The molecule has 1 aromatic heterocycles. The molecule has 3 rings (SSSR count). The zero-order chi connectivity index (χ0) is 25.1. The fourth-order valence-corrected chi connectivity index (χ4v) is 2.90. The van der Waals surface area contributed by atoms with Gasteiger partial charge in [0, 0.05) is 19.8 Å². The molecule has 0 amide bonds. The van der Waals surface area contributed by atoms with Crippen molar-refractivity contribution < 1.29 is 18.3 Å². The number of pyridine rings is 1. The fourth-order valence-electron chi connectivity index (χ4n) is 2.90. The average molecular weight is 315 g/mol. The second-order valence-electron chi connectivity index (χ2n) is 5.90. The van der Waals surface area contributed by atoms with E-state index in [2.05, 4.69) is 0 Å². The first-order valence-corrected chi connectivity index (χ1v) is 7.44. The number of aryl methyl sites for hydroxylation is 3. The number of fused-ring (bicyclic) bond motifs is 1. The Labute approximate surface area is 153 Å². The zero-order valence-electron chi connectivity index (χ0n) is 23.5. The van der Waals surface area contributed by atoms with E-state index in [4.69, 9.17) is 13.7 Å². The van der Waals surface area contributed by atoms with Crippen molar-refractivity contribution in [2.45, 2.75) is 40.3 Å². The van der Waals surface area contributed by atoms with Crippen LogP contribution in [0.4, 0.5) is 0 Å². The minimum Gasteiger partial charge on any atom is -0.200 e. The monoisotopic (exact) mass is 314 g/mol. The third-order valence-electron chi connectivity index (χ3n) is 4.23. The second-order valence-corrected chi connectivity index (χ2v) is 5.90. The molecule has 0 aliphatic rings. The molecular formula is C22H26N+. The molecule has 0 saturated carbocycles. The molecule has 1 nitrogen and oxygen atoms in total. The number of benzene rings is 2. The van der Waals surface area contributed by atoms with E-state index in [9.17, 15) is 0 Å². The average Bonchev–Trinajstić information content (AvgIpc) is 2.65. The largest absolute Gasteiger partial charge is 0.220 e. The Morgan fingerprint density at radius 1 is 1.13 bits per heavy atom. The van der Waals surface area contributed by atoms with Crippen molar-refractivity contribution in [3.05, 3.63) is 64.8 Å². The lowest BCUT2D eigenvalue weighted by molar-refractivity contribution is -0.659. The van der Waals surface area contributed by atoms with Gasteiger partial charge < -0.3 is 0 Å². The molecule has 3 aromatic rings. The number of aromatic nitrogens is 1. The molecule has 2 aromatic carbocycles. The highest BCUT2D eigenvalue weighted by atomic mass is 14.9. The van der Waals surface area contributed by atoms with Crippen molar-refractivity contribution in [2.24, 2.45) is 7.05 Å².